The Hall–Kier alpha value is -2.17. The molecule has 9 nitrogen and oxygen atoms in total. The SMILES string of the molecule is COc1cc(/C=C/C(=O)O)ccc1O[C@@H]1O[C@H](CO)[C@@H](O)[C@@H](O)[C@H]1O. The molecule has 1 fully saturated rings. The van der Waals surface area contributed by atoms with Crippen LogP contribution in [-0.4, -0.2) is 75.9 Å². The largest absolute Gasteiger partial charge is 0.493 e. The summed E-state index contributed by atoms with van der Waals surface area (Å²) in [5.74, 6) is -0.690. The molecule has 0 unspecified atom stereocenters. The molecule has 1 aliphatic heterocycles. The summed E-state index contributed by atoms with van der Waals surface area (Å²) in [6.07, 6.45) is -4.69. The Kier molecular flexibility index (Phi) is 6.34. The zero-order valence-corrected chi connectivity index (χ0v) is 13.3. The number of rotatable bonds is 6. The number of carboxylic acids is 1. The third-order valence-corrected chi connectivity index (χ3v) is 3.70. The molecule has 1 heterocycles. The highest BCUT2D eigenvalue weighted by molar-refractivity contribution is 5.85. The molecule has 9 heteroatoms. The highest BCUT2D eigenvalue weighted by atomic mass is 16.7. The standard InChI is InChI=1S/C16H20O9/c1-23-10-6-8(3-5-12(18)19)2-4-9(10)24-16-15(22)14(21)13(20)11(7-17)25-16/h2-6,11,13-17,20-22H,7H2,1H3,(H,18,19)/b5-3+/t11-,13-,14-,15-,16-/m1/s1. The van der Waals surface area contributed by atoms with E-state index in [2.05, 4.69) is 0 Å². The van der Waals surface area contributed by atoms with Gasteiger partial charge in [-0.05, 0) is 23.8 Å². The first-order valence-electron chi connectivity index (χ1n) is 7.43. The fourth-order valence-electron chi connectivity index (χ4n) is 2.34. The number of ether oxygens (including phenoxy) is 3. The lowest BCUT2D eigenvalue weighted by Gasteiger charge is -2.39. The van der Waals surface area contributed by atoms with Crippen LogP contribution < -0.4 is 9.47 Å². The van der Waals surface area contributed by atoms with E-state index in [-0.39, 0.29) is 11.5 Å². The van der Waals surface area contributed by atoms with Gasteiger partial charge in [-0.25, -0.2) is 4.79 Å². The molecule has 0 aromatic heterocycles. The molecule has 0 amide bonds. The second-order valence-corrected chi connectivity index (χ2v) is 5.40. The fraction of sp³-hybridized carbons (Fsp3) is 0.438. The van der Waals surface area contributed by atoms with Crippen LogP contribution in [0, 0.1) is 0 Å². The van der Waals surface area contributed by atoms with Crippen molar-refractivity contribution >= 4 is 12.0 Å². The molecule has 1 aromatic rings. The summed E-state index contributed by atoms with van der Waals surface area (Å²) >= 11 is 0. The average molecular weight is 356 g/mol. The zero-order valence-electron chi connectivity index (χ0n) is 13.3. The molecule has 0 bridgehead atoms. The number of aliphatic hydroxyl groups is 4. The van der Waals surface area contributed by atoms with Gasteiger partial charge in [0.15, 0.2) is 11.5 Å². The molecule has 0 spiro atoms. The topological polar surface area (TPSA) is 146 Å². The summed E-state index contributed by atoms with van der Waals surface area (Å²) in [6, 6.07) is 4.54. The summed E-state index contributed by atoms with van der Waals surface area (Å²) in [5.41, 5.74) is 0.542. The third kappa shape index (κ3) is 4.47. The third-order valence-electron chi connectivity index (χ3n) is 3.70. The van der Waals surface area contributed by atoms with E-state index in [1.807, 2.05) is 0 Å². The summed E-state index contributed by atoms with van der Waals surface area (Å²) < 4.78 is 15.9. The molecule has 5 N–H and O–H groups in total. The Labute approximate surface area is 143 Å². The zero-order chi connectivity index (χ0) is 18.6. The minimum absolute atomic E-state index is 0.166. The number of carbonyl (C=O) groups is 1. The van der Waals surface area contributed by atoms with Crippen molar-refractivity contribution in [3.8, 4) is 11.5 Å². The van der Waals surface area contributed by atoms with Crippen LogP contribution >= 0.6 is 0 Å². The van der Waals surface area contributed by atoms with Crippen molar-refractivity contribution in [2.45, 2.75) is 30.7 Å². The molecule has 2 rings (SSSR count). The van der Waals surface area contributed by atoms with E-state index < -0.39 is 43.3 Å². The van der Waals surface area contributed by atoms with Crippen molar-refractivity contribution in [3.05, 3.63) is 29.8 Å². The Balaban J connectivity index is 2.19. The van der Waals surface area contributed by atoms with Gasteiger partial charge in [0, 0.05) is 6.08 Å². The second kappa shape index (κ2) is 8.28. The maximum Gasteiger partial charge on any atom is 0.328 e. The van der Waals surface area contributed by atoms with E-state index in [9.17, 15) is 25.2 Å². The molecule has 0 radical (unpaired) electrons. The molecule has 1 aliphatic rings. The summed E-state index contributed by atoms with van der Waals surface area (Å²) in [6.45, 7) is -0.569. The first-order chi connectivity index (χ1) is 11.9. The molecule has 25 heavy (non-hydrogen) atoms. The Morgan fingerprint density at radius 1 is 1.20 bits per heavy atom. The van der Waals surface area contributed by atoms with Crippen LogP contribution in [0.2, 0.25) is 0 Å². The van der Waals surface area contributed by atoms with Crippen molar-refractivity contribution < 1.29 is 44.5 Å². The fourth-order valence-corrected chi connectivity index (χ4v) is 2.34. The van der Waals surface area contributed by atoms with Crippen molar-refractivity contribution in [2.24, 2.45) is 0 Å². The van der Waals surface area contributed by atoms with Gasteiger partial charge in [-0.2, -0.15) is 0 Å². The van der Waals surface area contributed by atoms with Crippen molar-refractivity contribution in [2.75, 3.05) is 13.7 Å². The monoisotopic (exact) mass is 356 g/mol. The molecular weight excluding hydrogens is 336 g/mol. The number of methoxy groups -OCH3 is 1. The van der Waals surface area contributed by atoms with Gasteiger partial charge in [0.05, 0.1) is 13.7 Å². The molecule has 0 saturated carbocycles. The minimum Gasteiger partial charge on any atom is -0.493 e. The van der Waals surface area contributed by atoms with Crippen LogP contribution in [-0.2, 0) is 9.53 Å². The molecule has 0 aliphatic carbocycles. The molecular formula is C16H20O9. The van der Waals surface area contributed by atoms with E-state index in [4.69, 9.17) is 19.3 Å². The molecule has 138 valence electrons. The summed E-state index contributed by atoms with van der Waals surface area (Å²) in [4.78, 5) is 10.6. The Bertz CT molecular complexity index is 628. The average Bonchev–Trinajstić information content (AvgIpc) is 2.60. The van der Waals surface area contributed by atoms with Crippen LogP contribution in [0.5, 0.6) is 11.5 Å². The van der Waals surface area contributed by atoms with Crippen LogP contribution in [0.4, 0.5) is 0 Å². The summed E-state index contributed by atoms with van der Waals surface area (Å²) in [7, 11) is 1.38. The van der Waals surface area contributed by atoms with E-state index in [0.29, 0.717) is 5.56 Å². The van der Waals surface area contributed by atoms with Gasteiger partial charge >= 0.3 is 5.97 Å². The number of benzene rings is 1. The highest BCUT2D eigenvalue weighted by Gasteiger charge is 2.44. The van der Waals surface area contributed by atoms with Gasteiger partial charge in [0.2, 0.25) is 6.29 Å². The molecule has 1 aromatic carbocycles. The normalized spacial score (nSPS) is 29.6. The maximum atomic E-state index is 10.6. The van der Waals surface area contributed by atoms with E-state index in [1.54, 1.807) is 6.07 Å². The van der Waals surface area contributed by atoms with Gasteiger partial charge < -0.3 is 39.7 Å². The lowest BCUT2D eigenvalue weighted by molar-refractivity contribution is -0.277. The maximum absolute atomic E-state index is 10.6. The van der Waals surface area contributed by atoms with Gasteiger partial charge in [0.1, 0.15) is 24.4 Å². The number of carboxylic acid groups (broad SMARTS) is 1. The quantitative estimate of drug-likeness (QED) is 0.404. The van der Waals surface area contributed by atoms with Crippen LogP contribution in [0.25, 0.3) is 6.08 Å². The number of aliphatic carboxylic acids is 1. The van der Waals surface area contributed by atoms with Gasteiger partial charge in [0.25, 0.3) is 0 Å². The van der Waals surface area contributed by atoms with Gasteiger partial charge in [-0.3, -0.25) is 0 Å². The van der Waals surface area contributed by atoms with Crippen LogP contribution in [0.1, 0.15) is 5.56 Å². The van der Waals surface area contributed by atoms with E-state index in [0.717, 1.165) is 6.08 Å². The van der Waals surface area contributed by atoms with Crippen molar-refractivity contribution in [1.82, 2.24) is 0 Å². The predicted molar refractivity (Wildman–Crippen MR) is 84.1 cm³/mol. The first kappa shape index (κ1) is 19.2. The van der Waals surface area contributed by atoms with E-state index in [1.165, 1.54) is 25.3 Å². The number of aliphatic hydroxyl groups excluding tert-OH is 4. The first-order valence-corrected chi connectivity index (χ1v) is 7.43. The summed E-state index contributed by atoms with van der Waals surface area (Å²) in [5, 5.41) is 47.3. The Morgan fingerprint density at radius 3 is 2.52 bits per heavy atom. The minimum atomic E-state index is -1.56. The van der Waals surface area contributed by atoms with Crippen LogP contribution in [0.3, 0.4) is 0 Å². The lowest BCUT2D eigenvalue weighted by Crippen LogP contribution is -2.60. The van der Waals surface area contributed by atoms with Crippen molar-refractivity contribution in [1.29, 1.82) is 0 Å². The number of hydrogen-bond donors (Lipinski definition) is 5. The highest BCUT2D eigenvalue weighted by Crippen LogP contribution is 2.32. The molecule has 1 saturated heterocycles. The smallest absolute Gasteiger partial charge is 0.328 e. The Morgan fingerprint density at radius 2 is 1.92 bits per heavy atom. The van der Waals surface area contributed by atoms with Crippen molar-refractivity contribution in [3.63, 3.8) is 0 Å². The number of hydrogen-bond acceptors (Lipinski definition) is 8. The second-order valence-electron chi connectivity index (χ2n) is 5.40. The molecule has 5 atom stereocenters. The van der Waals surface area contributed by atoms with Gasteiger partial charge in [-0.15, -0.1) is 0 Å². The van der Waals surface area contributed by atoms with Gasteiger partial charge in [-0.1, -0.05) is 6.07 Å². The lowest BCUT2D eigenvalue weighted by atomic mass is 9.99. The van der Waals surface area contributed by atoms with E-state index >= 15 is 0 Å². The van der Waals surface area contributed by atoms with Crippen LogP contribution in [0.15, 0.2) is 24.3 Å². The predicted octanol–water partition coefficient (Wildman–Crippen LogP) is -1.03.